The van der Waals surface area contributed by atoms with Crippen molar-refractivity contribution in [3.63, 3.8) is 0 Å². The normalized spacial score (nSPS) is 12.8. The molecule has 14 heteroatoms. The summed E-state index contributed by atoms with van der Waals surface area (Å²) in [6, 6.07) is 24.0. The maximum absolute atomic E-state index is 13.9. The van der Waals surface area contributed by atoms with Gasteiger partial charge in [0, 0.05) is 18.0 Å². The minimum Gasteiger partial charge on any atom is -0.468 e. The third-order valence-electron chi connectivity index (χ3n) is 8.70. The van der Waals surface area contributed by atoms with Gasteiger partial charge in [0.15, 0.2) is 17.0 Å². The second-order valence-corrected chi connectivity index (χ2v) is 13.5. The fourth-order valence-corrected chi connectivity index (χ4v) is 6.14. The number of carbonyl (C=O) groups is 4. The molecule has 5 aromatic rings. The van der Waals surface area contributed by atoms with Gasteiger partial charge in [-0.25, -0.2) is 19.7 Å². The van der Waals surface area contributed by atoms with Gasteiger partial charge in [-0.2, -0.15) is 0 Å². The van der Waals surface area contributed by atoms with E-state index in [-0.39, 0.29) is 49.5 Å². The molecule has 0 bridgehead atoms. The topological polar surface area (TPSA) is 167 Å². The van der Waals surface area contributed by atoms with Gasteiger partial charge in [0.25, 0.3) is 5.91 Å². The van der Waals surface area contributed by atoms with E-state index in [0.29, 0.717) is 11.2 Å². The molecule has 0 unspecified atom stereocenters. The van der Waals surface area contributed by atoms with E-state index >= 15 is 0 Å². The summed E-state index contributed by atoms with van der Waals surface area (Å²) >= 11 is 0. The quantitative estimate of drug-likeness (QED) is 0.161. The van der Waals surface area contributed by atoms with E-state index in [9.17, 15) is 19.2 Å². The van der Waals surface area contributed by atoms with Crippen molar-refractivity contribution in [2.75, 3.05) is 38.7 Å². The average Bonchev–Trinajstić information content (AvgIpc) is 3.71. The number of nitrogens with zero attached hydrogens (tertiary/aromatic N) is 5. The fraction of sp³-hybridized carbons (Fsp3) is 0.308. The van der Waals surface area contributed by atoms with Crippen LogP contribution in [-0.4, -0.2) is 93.4 Å². The van der Waals surface area contributed by atoms with E-state index < -0.39 is 36.2 Å². The molecule has 3 amide bonds. The zero-order valence-electron chi connectivity index (χ0n) is 29.9. The summed E-state index contributed by atoms with van der Waals surface area (Å²) in [6.45, 7) is 4.97. The zero-order valence-corrected chi connectivity index (χ0v) is 29.9. The summed E-state index contributed by atoms with van der Waals surface area (Å²) in [5, 5.41) is 5.60. The zero-order chi connectivity index (χ0) is 37.5. The predicted molar refractivity (Wildman–Crippen MR) is 196 cm³/mol. The fourth-order valence-electron chi connectivity index (χ4n) is 6.14. The van der Waals surface area contributed by atoms with E-state index in [2.05, 4.69) is 37.7 Å². The first kappa shape index (κ1) is 36.6. The van der Waals surface area contributed by atoms with Gasteiger partial charge in [-0.3, -0.25) is 14.4 Å². The minimum atomic E-state index is -0.764. The Morgan fingerprint density at radius 1 is 0.887 bits per heavy atom. The molecule has 0 fully saturated rings. The number of anilines is 1. The third-order valence-corrected chi connectivity index (χ3v) is 8.70. The molecule has 6 rings (SSSR count). The van der Waals surface area contributed by atoms with Gasteiger partial charge in [0.1, 0.15) is 26.0 Å². The van der Waals surface area contributed by atoms with Gasteiger partial charge in [-0.05, 0) is 55.2 Å². The van der Waals surface area contributed by atoms with Crippen LogP contribution in [0.2, 0.25) is 0 Å². The number of esters is 1. The van der Waals surface area contributed by atoms with Crippen LogP contribution in [0, 0.1) is 0 Å². The van der Waals surface area contributed by atoms with Crippen molar-refractivity contribution in [1.82, 2.24) is 29.7 Å². The van der Waals surface area contributed by atoms with E-state index in [4.69, 9.17) is 14.2 Å². The number of carbonyl (C=O) groups excluding carboxylic acids is 4. The summed E-state index contributed by atoms with van der Waals surface area (Å²) in [5.74, 6) is -1.49. The molecule has 1 atom stereocenters. The maximum atomic E-state index is 13.9. The number of benzene rings is 3. The SMILES string of the molecule is COC(=O)CN(C[C@H](COC(C)(C)C)NC(=O)OCC1c2ccccc2-c2ccccc21)C(=O)Cn1cnc2c(NC(=O)c3ccccc3)ncnc21. The van der Waals surface area contributed by atoms with Gasteiger partial charge in [-0.1, -0.05) is 66.7 Å². The van der Waals surface area contributed by atoms with Crippen LogP contribution in [-0.2, 0) is 30.3 Å². The Kier molecular flexibility index (Phi) is 11.1. The smallest absolute Gasteiger partial charge is 0.407 e. The van der Waals surface area contributed by atoms with E-state index in [1.54, 1.807) is 30.3 Å². The number of hydrogen-bond acceptors (Lipinski definition) is 10. The summed E-state index contributed by atoms with van der Waals surface area (Å²) in [4.78, 5) is 66.7. The largest absolute Gasteiger partial charge is 0.468 e. The highest BCUT2D eigenvalue weighted by atomic mass is 16.6. The predicted octanol–water partition coefficient (Wildman–Crippen LogP) is 4.80. The molecule has 274 valence electrons. The van der Waals surface area contributed by atoms with Crippen LogP contribution in [0.3, 0.4) is 0 Å². The lowest BCUT2D eigenvalue weighted by molar-refractivity contribution is -0.147. The van der Waals surface area contributed by atoms with E-state index in [1.165, 1.54) is 29.2 Å². The first-order valence-electron chi connectivity index (χ1n) is 17.1. The van der Waals surface area contributed by atoms with Crippen LogP contribution in [0.15, 0.2) is 91.5 Å². The molecule has 2 aromatic heterocycles. The lowest BCUT2D eigenvalue weighted by atomic mass is 9.98. The molecule has 14 nitrogen and oxygen atoms in total. The third kappa shape index (κ3) is 8.84. The lowest BCUT2D eigenvalue weighted by Crippen LogP contribution is -2.51. The van der Waals surface area contributed by atoms with Gasteiger partial charge < -0.3 is 34.3 Å². The average molecular weight is 720 g/mol. The molecule has 2 N–H and O–H groups in total. The van der Waals surface area contributed by atoms with Gasteiger partial charge in [-0.15, -0.1) is 0 Å². The Hall–Kier alpha value is -6.15. The van der Waals surface area contributed by atoms with E-state index in [0.717, 1.165) is 22.3 Å². The van der Waals surface area contributed by atoms with Crippen molar-refractivity contribution in [1.29, 1.82) is 0 Å². The first-order chi connectivity index (χ1) is 25.5. The molecule has 0 radical (unpaired) electrons. The van der Waals surface area contributed by atoms with Crippen LogP contribution < -0.4 is 10.6 Å². The number of ether oxygens (including phenoxy) is 3. The number of methoxy groups -OCH3 is 1. The Morgan fingerprint density at radius 2 is 1.55 bits per heavy atom. The molecular formula is C39H41N7O7. The monoisotopic (exact) mass is 719 g/mol. The number of amides is 3. The van der Waals surface area contributed by atoms with E-state index in [1.807, 2.05) is 57.2 Å². The number of fused-ring (bicyclic) bond motifs is 4. The van der Waals surface area contributed by atoms with Crippen LogP contribution in [0.4, 0.5) is 10.6 Å². The lowest BCUT2D eigenvalue weighted by Gasteiger charge is -2.30. The Balaban J connectivity index is 1.16. The van der Waals surface area contributed by atoms with Crippen molar-refractivity contribution in [2.45, 2.75) is 44.9 Å². The molecule has 3 aromatic carbocycles. The van der Waals surface area contributed by atoms with Crippen molar-refractivity contribution >= 4 is 40.9 Å². The van der Waals surface area contributed by atoms with Crippen LogP contribution >= 0.6 is 0 Å². The Bertz CT molecular complexity index is 2070. The second-order valence-electron chi connectivity index (χ2n) is 13.5. The summed E-state index contributed by atoms with van der Waals surface area (Å²) < 4.78 is 18.2. The Morgan fingerprint density at radius 3 is 2.21 bits per heavy atom. The van der Waals surface area contributed by atoms with Crippen LogP contribution in [0.5, 0.6) is 0 Å². The van der Waals surface area contributed by atoms with Gasteiger partial charge in [0.2, 0.25) is 5.91 Å². The molecule has 0 saturated carbocycles. The van der Waals surface area contributed by atoms with Crippen molar-refractivity contribution in [3.8, 4) is 11.1 Å². The summed E-state index contributed by atoms with van der Waals surface area (Å²) in [7, 11) is 1.23. The molecule has 0 aliphatic heterocycles. The van der Waals surface area contributed by atoms with Gasteiger partial charge >= 0.3 is 12.1 Å². The molecule has 53 heavy (non-hydrogen) atoms. The van der Waals surface area contributed by atoms with Crippen LogP contribution in [0.25, 0.3) is 22.3 Å². The first-order valence-corrected chi connectivity index (χ1v) is 17.1. The number of imidazole rings is 1. The summed E-state index contributed by atoms with van der Waals surface area (Å²) in [5.41, 5.74) is 4.80. The highest BCUT2D eigenvalue weighted by molar-refractivity contribution is 6.06. The van der Waals surface area contributed by atoms with Crippen molar-refractivity contribution in [2.24, 2.45) is 0 Å². The molecular weight excluding hydrogens is 678 g/mol. The number of aromatic nitrogens is 4. The molecule has 0 spiro atoms. The number of rotatable bonds is 13. The molecule has 1 aliphatic rings. The number of hydrogen-bond donors (Lipinski definition) is 2. The molecule has 0 saturated heterocycles. The van der Waals surface area contributed by atoms with Gasteiger partial charge in [0.05, 0.1) is 31.7 Å². The number of alkyl carbamates (subject to hydrolysis) is 1. The number of nitrogens with one attached hydrogen (secondary N) is 2. The van der Waals surface area contributed by atoms with Crippen LogP contribution in [0.1, 0.15) is 48.2 Å². The highest BCUT2D eigenvalue weighted by Crippen LogP contribution is 2.44. The maximum Gasteiger partial charge on any atom is 0.407 e. The highest BCUT2D eigenvalue weighted by Gasteiger charge is 2.30. The van der Waals surface area contributed by atoms with Crippen molar-refractivity contribution in [3.05, 3.63) is 108 Å². The second kappa shape index (κ2) is 16.0. The molecule has 1 aliphatic carbocycles. The molecule has 2 heterocycles. The van der Waals surface area contributed by atoms with Crippen molar-refractivity contribution < 1.29 is 33.4 Å². The standard InChI is InChI=1S/C39H41N7O7/c1-39(2,3)53-21-26(43-38(50)52-22-31-29-16-10-8-14-27(29)28-15-9-11-17-30(28)31)18-45(20-33(48)51-4)32(47)19-46-24-42-34-35(40-23-41-36(34)46)44-37(49)25-12-6-5-7-13-25/h5-17,23-24,26,31H,18-22H2,1-4H3,(H,43,50)(H,40,41,44,49)/t26-/m1/s1. The minimum absolute atomic E-state index is 0.0182. The Labute approximate surface area is 306 Å². The summed E-state index contributed by atoms with van der Waals surface area (Å²) in [6.07, 6.45) is 1.97.